The van der Waals surface area contributed by atoms with Crippen molar-refractivity contribution in [2.24, 2.45) is 5.92 Å². The molecule has 1 saturated heterocycles. The highest BCUT2D eigenvalue weighted by atomic mass is 19.4. The summed E-state index contributed by atoms with van der Waals surface area (Å²) in [6.45, 7) is 6.37. The summed E-state index contributed by atoms with van der Waals surface area (Å²) in [5.41, 5.74) is 0. The van der Waals surface area contributed by atoms with E-state index in [-0.39, 0.29) is 5.92 Å². The van der Waals surface area contributed by atoms with Crippen molar-refractivity contribution >= 4 is 5.91 Å². The molecule has 90 valence electrons. The van der Waals surface area contributed by atoms with Crippen LogP contribution in [0.5, 0.6) is 0 Å². The molecule has 1 rings (SSSR count). The zero-order valence-electron chi connectivity index (χ0n) is 9.02. The molecule has 1 heterocycles. The SMILES string of the molecule is CC.CC(NC(=O)C(F)(F)F)C1COC1. The number of alkyl halides is 3. The molecule has 0 bridgehead atoms. The molecule has 1 amide bonds. The Hall–Kier alpha value is -0.780. The minimum Gasteiger partial charge on any atom is -0.381 e. The quantitative estimate of drug-likeness (QED) is 0.780. The van der Waals surface area contributed by atoms with Crippen LogP contribution < -0.4 is 5.32 Å². The Morgan fingerprint density at radius 2 is 1.87 bits per heavy atom. The van der Waals surface area contributed by atoms with Gasteiger partial charge in [-0.3, -0.25) is 4.79 Å². The second-order valence-electron chi connectivity index (χ2n) is 3.06. The zero-order chi connectivity index (χ0) is 12.1. The van der Waals surface area contributed by atoms with Gasteiger partial charge in [-0.2, -0.15) is 13.2 Å². The predicted octanol–water partition coefficient (Wildman–Crippen LogP) is 1.73. The molecule has 0 aliphatic carbocycles. The molecule has 1 unspecified atom stereocenters. The van der Waals surface area contributed by atoms with Gasteiger partial charge in [-0.15, -0.1) is 0 Å². The standard InChI is InChI=1S/C7H10F3NO2.C2H6/c1-4(5-2-13-3-5)11-6(12)7(8,9)10;1-2/h4-5H,2-3H2,1H3,(H,11,12);1-2H3. The first-order chi connectivity index (χ1) is 6.91. The summed E-state index contributed by atoms with van der Waals surface area (Å²) in [6, 6.07) is -0.483. The molecule has 15 heavy (non-hydrogen) atoms. The van der Waals surface area contributed by atoms with E-state index in [2.05, 4.69) is 0 Å². The molecule has 1 atom stereocenters. The number of carbonyl (C=O) groups excluding carboxylic acids is 1. The Balaban J connectivity index is 0.000000921. The highest BCUT2D eigenvalue weighted by Gasteiger charge is 2.40. The predicted molar refractivity (Wildman–Crippen MR) is 49.3 cm³/mol. The van der Waals surface area contributed by atoms with Gasteiger partial charge in [-0.1, -0.05) is 13.8 Å². The summed E-state index contributed by atoms with van der Waals surface area (Å²) in [4.78, 5) is 10.4. The number of rotatable bonds is 2. The van der Waals surface area contributed by atoms with E-state index in [0.717, 1.165) is 0 Å². The maximum atomic E-state index is 11.8. The molecule has 0 saturated carbocycles. The Morgan fingerprint density at radius 1 is 1.40 bits per heavy atom. The number of halogens is 3. The van der Waals surface area contributed by atoms with Crippen molar-refractivity contribution in [1.82, 2.24) is 5.32 Å². The number of nitrogens with one attached hydrogen (secondary N) is 1. The average molecular weight is 227 g/mol. The van der Waals surface area contributed by atoms with Gasteiger partial charge in [-0.25, -0.2) is 0 Å². The molecular weight excluding hydrogens is 211 g/mol. The van der Waals surface area contributed by atoms with Gasteiger partial charge in [0.2, 0.25) is 0 Å². The first kappa shape index (κ1) is 14.2. The lowest BCUT2D eigenvalue weighted by molar-refractivity contribution is -0.175. The molecular formula is C9H16F3NO2. The van der Waals surface area contributed by atoms with Crippen LogP contribution >= 0.6 is 0 Å². The highest BCUT2D eigenvalue weighted by molar-refractivity contribution is 5.81. The number of carbonyl (C=O) groups is 1. The van der Waals surface area contributed by atoms with Gasteiger partial charge in [0.1, 0.15) is 0 Å². The summed E-state index contributed by atoms with van der Waals surface area (Å²) < 4.78 is 40.0. The monoisotopic (exact) mass is 227 g/mol. The zero-order valence-corrected chi connectivity index (χ0v) is 9.02. The van der Waals surface area contributed by atoms with E-state index in [9.17, 15) is 18.0 Å². The van der Waals surface area contributed by atoms with Crippen molar-refractivity contribution in [2.75, 3.05) is 13.2 Å². The fourth-order valence-corrected chi connectivity index (χ4v) is 0.949. The van der Waals surface area contributed by atoms with Gasteiger partial charge in [0, 0.05) is 12.0 Å². The highest BCUT2D eigenvalue weighted by Crippen LogP contribution is 2.18. The van der Waals surface area contributed by atoms with Gasteiger partial charge in [0.05, 0.1) is 13.2 Å². The number of hydrogen-bond donors (Lipinski definition) is 1. The van der Waals surface area contributed by atoms with Crippen LogP contribution in [0.4, 0.5) is 13.2 Å². The van der Waals surface area contributed by atoms with Gasteiger partial charge in [-0.05, 0) is 6.92 Å². The van der Waals surface area contributed by atoms with Crippen LogP contribution in [0.1, 0.15) is 20.8 Å². The molecule has 0 spiro atoms. The van der Waals surface area contributed by atoms with Crippen LogP contribution in [0.15, 0.2) is 0 Å². The molecule has 1 aliphatic rings. The number of ether oxygens (including phenoxy) is 1. The molecule has 6 heteroatoms. The number of hydrogen-bond acceptors (Lipinski definition) is 2. The average Bonchev–Trinajstić information content (AvgIpc) is 2.02. The topological polar surface area (TPSA) is 38.3 Å². The second-order valence-corrected chi connectivity index (χ2v) is 3.06. The Bertz CT molecular complexity index is 202. The Morgan fingerprint density at radius 3 is 2.13 bits per heavy atom. The van der Waals surface area contributed by atoms with Crippen LogP contribution in [-0.4, -0.2) is 31.3 Å². The lowest BCUT2D eigenvalue weighted by Crippen LogP contribution is -2.50. The third-order valence-electron chi connectivity index (χ3n) is 1.99. The smallest absolute Gasteiger partial charge is 0.381 e. The van der Waals surface area contributed by atoms with Gasteiger partial charge < -0.3 is 10.1 Å². The van der Waals surface area contributed by atoms with Crippen molar-refractivity contribution in [3.63, 3.8) is 0 Å². The van der Waals surface area contributed by atoms with Crippen LogP contribution in [0, 0.1) is 5.92 Å². The van der Waals surface area contributed by atoms with Crippen molar-refractivity contribution in [3.8, 4) is 0 Å². The molecule has 3 nitrogen and oxygen atoms in total. The largest absolute Gasteiger partial charge is 0.471 e. The first-order valence-corrected chi connectivity index (χ1v) is 4.86. The van der Waals surface area contributed by atoms with E-state index in [4.69, 9.17) is 4.74 Å². The van der Waals surface area contributed by atoms with Crippen molar-refractivity contribution in [3.05, 3.63) is 0 Å². The third kappa shape index (κ3) is 4.51. The van der Waals surface area contributed by atoms with Crippen LogP contribution in [0.25, 0.3) is 0 Å². The van der Waals surface area contributed by atoms with Gasteiger partial charge >= 0.3 is 12.1 Å². The molecule has 1 fully saturated rings. The maximum Gasteiger partial charge on any atom is 0.471 e. The van der Waals surface area contributed by atoms with E-state index in [1.807, 2.05) is 19.2 Å². The van der Waals surface area contributed by atoms with Gasteiger partial charge in [0.25, 0.3) is 0 Å². The number of amides is 1. The fraction of sp³-hybridized carbons (Fsp3) is 0.889. The summed E-state index contributed by atoms with van der Waals surface area (Å²) in [7, 11) is 0. The van der Waals surface area contributed by atoms with E-state index in [1.54, 1.807) is 0 Å². The van der Waals surface area contributed by atoms with Crippen molar-refractivity contribution in [1.29, 1.82) is 0 Å². The lowest BCUT2D eigenvalue weighted by Gasteiger charge is -2.31. The van der Waals surface area contributed by atoms with Crippen molar-refractivity contribution < 1.29 is 22.7 Å². The molecule has 0 radical (unpaired) electrons. The van der Waals surface area contributed by atoms with E-state index >= 15 is 0 Å². The minimum absolute atomic E-state index is 0.00583. The first-order valence-electron chi connectivity index (χ1n) is 4.86. The Labute approximate surface area is 87.0 Å². The molecule has 1 aliphatic heterocycles. The van der Waals surface area contributed by atoms with E-state index < -0.39 is 18.1 Å². The third-order valence-corrected chi connectivity index (χ3v) is 1.99. The Kier molecular flexibility index (Phi) is 5.64. The second kappa shape index (κ2) is 5.95. The van der Waals surface area contributed by atoms with Crippen LogP contribution in [0.2, 0.25) is 0 Å². The van der Waals surface area contributed by atoms with Crippen LogP contribution in [-0.2, 0) is 9.53 Å². The van der Waals surface area contributed by atoms with Crippen molar-refractivity contribution in [2.45, 2.75) is 33.0 Å². The minimum atomic E-state index is -4.79. The summed E-state index contributed by atoms with van der Waals surface area (Å²) in [5.74, 6) is -1.88. The lowest BCUT2D eigenvalue weighted by atomic mass is 10.00. The van der Waals surface area contributed by atoms with E-state index in [0.29, 0.717) is 13.2 Å². The molecule has 0 aromatic heterocycles. The summed E-state index contributed by atoms with van der Waals surface area (Å²) in [6.07, 6.45) is -4.79. The summed E-state index contributed by atoms with van der Waals surface area (Å²) in [5, 5.41) is 1.88. The van der Waals surface area contributed by atoms with E-state index in [1.165, 1.54) is 6.92 Å². The summed E-state index contributed by atoms with van der Waals surface area (Å²) >= 11 is 0. The molecule has 0 aromatic rings. The van der Waals surface area contributed by atoms with Crippen LogP contribution in [0.3, 0.4) is 0 Å². The van der Waals surface area contributed by atoms with Gasteiger partial charge in [0.15, 0.2) is 0 Å². The molecule has 0 aromatic carbocycles. The maximum absolute atomic E-state index is 11.8. The normalized spacial score (nSPS) is 18.3. The fourth-order valence-electron chi connectivity index (χ4n) is 0.949. The molecule has 1 N–H and O–H groups in total.